The zero-order valence-corrected chi connectivity index (χ0v) is 15.8. The average molecular weight is 365 g/mol. The summed E-state index contributed by atoms with van der Waals surface area (Å²) in [6.07, 6.45) is -3.71. The van der Waals surface area contributed by atoms with E-state index >= 15 is 0 Å². The fourth-order valence-corrected chi connectivity index (χ4v) is 1.98. The van der Waals surface area contributed by atoms with Crippen molar-refractivity contribution in [3.05, 3.63) is 77.4 Å². The summed E-state index contributed by atoms with van der Waals surface area (Å²) in [7, 11) is 0. The monoisotopic (exact) mass is 365 g/mol. The number of halogens is 3. The summed E-state index contributed by atoms with van der Waals surface area (Å²) in [5.74, 6) is 0. The van der Waals surface area contributed by atoms with Crippen LogP contribution in [-0.4, -0.2) is 17.1 Å². The Hall–Kier alpha value is -2.56. The summed E-state index contributed by atoms with van der Waals surface area (Å²) in [4.78, 5) is 0. The van der Waals surface area contributed by atoms with Crippen LogP contribution in [0.5, 0.6) is 0 Å². The third kappa shape index (κ3) is 7.13. The normalized spacial score (nSPS) is 11.7. The zero-order chi connectivity index (χ0) is 20.2. The minimum Gasteiger partial charge on any atom is -0.410 e. The van der Waals surface area contributed by atoms with Crippen molar-refractivity contribution in [2.45, 2.75) is 40.8 Å². The Balaban J connectivity index is 0.00000146. The molecule has 0 unspecified atom stereocenters. The summed E-state index contributed by atoms with van der Waals surface area (Å²) >= 11 is 0. The van der Waals surface area contributed by atoms with Gasteiger partial charge in [-0.05, 0) is 18.6 Å². The Morgan fingerprint density at radius 2 is 1.35 bits per heavy atom. The molecule has 0 saturated heterocycles. The van der Waals surface area contributed by atoms with Crippen LogP contribution >= 0.6 is 0 Å². The van der Waals surface area contributed by atoms with Crippen LogP contribution in [0, 0.1) is 6.92 Å². The number of hydrogen-bond donors (Lipinski definition) is 1. The molecular weight excluding hydrogens is 339 g/mol. The van der Waals surface area contributed by atoms with Crippen molar-refractivity contribution in [1.82, 2.24) is 0 Å². The quantitative estimate of drug-likeness (QED) is 0.359. The van der Waals surface area contributed by atoms with Crippen molar-refractivity contribution in [3.63, 3.8) is 0 Å². The van der Waals surface area contributed by atoms with Gasteiger partial charge in [0.1, 0.15) is 5.71 Å². The van der Waals surface area contributed by atoms with Crippen LogP contribution in [0.3, 0.4) is 0 Å². The van der Waals surface area contributed by atoms with Gasteiger partial charge >= 0.3 is 6.18 Å². The second kappa shape index (κ2) is 11.9. The van der Waals surface area contributed by atoms with Crippen LogP contribution in [-0.2, 0) is 0 Å². The number of allylic oxidation sites excluding steroid dienone is 2. The van der Waals surface area contributed by atoms with E-state index in [1.807, 2.05) is 34.6 Å². The molecule has 0 saturated carbocycles. The van der Waals surface area contributed by atoms with Crippen LogP contribution < -0.4 is 0 Å². The molecule has 0 aliphatic carbocycles. The maximum Gasteiger partial charge on any atom is 0.417 e. The number of benzene rings is 2. The average Bonchev–Trinajstić information content (AvgIpc) is 2.66. The van der Waals surface area contributed by atoms with E-state index in [1.54, 1.807) is 30.3 Å². The van der Waals surface area contributed by atoms with Crippen molar-refractivity contribution in [1.29, 1.82) is 0 Å². The maximum atomic E-state index is 13.3. The summed E-state index contributed by atoms with van der Waals surface area (Å²) < 4.78 is 39.8. The molecule has 0 heterocycles. The highest BCUT2D eigenvalue weighted by Gasteiger charge is 2.35. The Labute approximate surface area is 153 Å². The van der Waals surface area contributed by atoms with Gasteiger partial charge in [0.05, 0.1) is 5.57 Å². The third-order valence-corrected chi connectivity index (χ3v) is 3.13. The standard InChI is InChI=1S/C17H14F3NO.2C2H6/c1-12-7-9-14(10-8-12)16(21-22)11-15(17(18,19)20)13-5-3-2-4-6-13;2*1-2/h2-11,22H,1H3;2*1-2H3/b15-11-,21-16?;;. The Bertz CT molecular complexity index is 687. The van der Waals surface area contributed by atoms with Crippen LogP contribution in [0.1, 0.15) is 44.4 Å². The molecular formula is C21H26F3NO. The van der Waals surface area contributed by atoms with E-state index in [-0.39, 0.29) is 11.3 Å². The molecule has 0 aliphatic rings. The van der Waals surface area contributed by atoms with E-state index in [0.717, 1.165) is 11.6 Å². The number of hydrogen-bond acceptors (Lipinski definition) is 2. The van der Waals surface area contributed by atoms with E-state index in [0.29, 0.717) is 5.56 Å². The zero-order valence-electron chi connectivity index (χ0n) is 15.8. The summed E-state index contributed by atoms with van der Waals surface area (Å²) in [6.45, 7) is 9.86. The lowest BCUT2D eigenvalue weighted by Crippen LogP contribution is -2.13. The van der Waals surface area contributed by atoms with Gasteiger partial charge in [0.25, 0.3) is 0 Å². The van der Waals surface area contributed by atoms with Crippen molar-refractivity contribution in [2.24, 2.45) is 5.16 Å². The number of oxime groups is 1. The van der Waals surface area contributed by atoms with Crippen LogP contribution in [0.15, 0.2) is 65.8 Å². The lowest BCUT2D eigenvalue weighted by Gasteiger charge is -2.12. The molecule has 2 aromatic carbocycles. The topological polar surface area (TPSA) is 32.6 Å². The van der Waals surface area contributed by atoms with Gasteiger partial charge in [-0.2, -0.15) is 13.2 Å². The maximum absolute atomic E-state index is 13.3. The molecule has 0 amide bonds. The van der Waals surface area contributed by atoms with E-state index in [4.69, 9.17) is 5.21 Å². The van der Waals surface area contributed by atoms with Crippen molar-refractivity contribution in [2.75, 3.05) is 0 Å². The van der Waals surface area contributed by atoms with Gasteiger partial charge < -0.3 is 5.21 Å². The van der Waals surface area contributed by atoms with Gasteiger partial charge in [0.15, 0.2) is 0 Å². The van der Waals surface area contributed by atoms with Gasteiger partial charge in [-0.25, -0.2) is 0 Å². The molecule has 5 heteroatoms. The van der Waals surface area contributed by atoms with Gasteiger partial charge in [-0.15, -0.1) is 0 Å². The Morgan fingerprint density at radius 1 is 0.846 bits per heavy atom. The fourth-order valence-electron chi connectivity index (χ4n) is 1.98. The predicted molar refractivity (Wildman–Crippen MR) is 103 cm³/mol. The first-order valence-corrected chi connectivity index (χ1v) is 8.55. The first-order valence-electron chi connectivity index (χ1n) is 8.55. The van der Waals surface area contributed by atoms with Crippen molar-refractivity contribution < 1.29 is 18.4 Å². The van der Waals surface area contributed by atoms with Crippen LogP contribution in [0.25, 0.3) is 5.57 Å². The first kappa shape index (κ1) is 23.4. The smallest absolute Gasteiger partial charge is 0.410 e. The van der Waals surface area contributed by atoms with Crippen molar-refractivity contribution >= 4 is 11.3 Å². The highest BCUT2D eigenvalue weighted by molar-refractivity contribution is 6.12. The van der Waals surface area contributed by atoms with E-state index in [1.165, 1.54) is 24.3 Å². The Kier molecular flexibility index (Phi) is 10.7. The van der Waals surface area contributed by atoms with Gasteiger partial charge in [0, 0.05) is 5.56 Å². The van der Waals surface area contributed by atoms with Gasteiger partial charge in [-0.3, -0.25) is 0 Å². The molecule has 0 fully saturated rings. The second-order valence-electron chi connectivity index (χ2n) is 4.77. The van der Waals surface area contributed by atoms with Crippen LogP contribution in [0.2, 0.25) is 0 Å². The van der Waals surface area contributed by atoms with E-state index in [2.05, 4.69) is 5.16 Å². The second-order valence-corrected chi connectivity index (χ2v) is 4.77. The minimum atomic E-state index is -4.55. The van der Waals surface area contributed by atoms with Gasteiger partial charge in [0.2, 0.25) is 0 Å². The highest BCUT2D eigenvalue weighted by atomic mass is 19.4. The van der Waals surface area contributed by atoms with Crippen molar-refractivity contribution in [3.8, 4) is 0 Å². The SMILES string of the molecule is CC.CC.Cc1ccc(C(/C=C(/c2ccccc2)C(F)(F)F)=NO)cc1. The molecule has 2 nitrogen and oxygen atoms in total. The number of nitrogens with zero attached hydrogens (tertiary/aromatic N) is 1. The summed E-state index contributed by atoms with van der Waals surface area (Å²) in [6, 6.07) is 14.1. The van der Waals surface area contributed by atoms with Gasteiger partial charge in [-0.1, -0.05) is 93.0 Å². The molecule has 26 heavy (non-hydrogen) atoms. The molecule has 0 radical (unpaired) electrons. The minimum absolute atomic E-state index is 0.0169. The molecule has 0 spiro atoms. The molecule has 0 atom stereocenters. The molecule has 2 rings (SSSR count). The fraction of sp³-hybridized carbons (Fsp3) is 0.286. The first-order chi connectivity index (χ1) is 12.4. The van der Waals surface area contributed by atoms with E-state index < -0.39 is 11.7 Å². The molecule has 142 valence electrons. The summed E-state index contributed by atoms with van der Waals surface area (Å²) in [5, 5.41) is 12.1. The molecule has 0 aromatic heterocycles. The highest BCUT2D eigenvalue weighted by Crippen LogP contribution is 2.34. The predicted octanol–water partition coefficient (Wildman–Crippen LogP) is 6.87. The third-order valence-electron chi connectivity index (χ3n) is 3.13. The van der Waals surface area contributed by atoms with Crippen LogP contribution in [0.4, 0.5) is 13.2 Å². The Morgan fingerprint density at radius 3 is 1.77 bits per heavy atom. The lowest BCUT2D eigenvalue weighted by molar-refractivity contribution is -0.0688. The number of aryl methyl sites for hydroxylation is 1. The largest absolute Gasteiger partial charge is 0.417 e. The molecule has 0 aliphatic heterocycles. The molecule has 0 bridgehead atoms. The van der Waals surface area contributed by atoms with E-state index in [9.17, 15) is 13.2 Å². The number of rotatable bonds is 3. The molecule has 1 N–H and O–H groups in total. The molecule has 2 aromatic rings. The summed E-state index contributed by atoms with van der Waals surface area (Å²) in [5.41, 5.74) is 0.385. The lowest BCUT2D eigenvalue weighted by atomic mass is 10.0. The number of alkyl halides is 3.